The van der Waals surface area contributed by atoms with Gasteiger partial charge in [0, 0.05) is 17.5 Å². The lowest BCUT2D eigenvalue weighted by atomic mass is 10.1. The summed E-state index contributed by atoms with van der Waals surface area (Å²) >= 11 is 1.69. The van der Waals surface area contributed by atoms with Crippen LogP contribution in [0.1, 0.15) is 18.5 Å². The zero-order valence-corrected chi connectivity index (χ0v) is 13.9. The van der Waals surface area contributed by atoms with Crippen molar-refractivity contribution in [3.63, 3.8) is 0 Å². The summed E-state index contributed by atoms with van der Waals surface area (Å²) in [6, 6.07) is 8.36. The van der Waals surface area contributed by atoms with Crippen molar-refractivity contribution in [2.45, 2.75) is 30.5 Å². The summed E-state index contributed by atoms with van der Waals surface area (Å²) < 4.78 is 1.38. The molecule has 1 heterocycles. The van der Waals surface area contributed by atoms with Crippen LogP contribution in [0.25, 0.3) is 0 Å². The van der Waals surface area contributed by atoms with Crippen molar-refractivity contribution in [3.05, 3.63) is 52.3 Å². The average molecular weight is 336 g/mol. The van der Waals surface area contributed by atoms with Gasteiger partial charge in [0.15, 0.2) is 0 Å². The van der Waals surface area contributed by atoms with Crippen LogP contribution in [0.3, 0.4) is 0 Å². The van der Waals surface area contributed by atoms with E-state index >= 15 is 0 Å². The predicted octanol–water partition coefficient (Wildman–Crippen LogP) is 2.22. The van der Waals surface area contributed by atoms with Gasteiger partial charge in [-0.15, -0.1) is 11.8 Å². The fourth-order valence-corrected chi connectivity index (χ4v) is 2.56. The Morgan fingerprint density at radius 1 is 1.43 bits per heavy atom. The molecule has 7 nitrogen and oxygen atoms in total. The normalized spacial score (nSPS) is 13.7. The second-order valence-corrected chi connectivity index (χ2v) is 6.11. The minimum Gasteiger partial charge on any atom is -0.390 e. The number of nitrogens with zero attached hydrogens (tertiary/aromatic N) is 3. The molecule has 124 valence electrons. The molecule has 0 bridgehead atoms. The van der Waals surface area contributed by atoms with Gasteiger partial charge in [-0.25, -0.2) is 0 Å². The molecule has 0 saturated heterocycles. The number of aliphatic hydroxyl groups excluding tert-OH is 1. The van der Waals surface area contributed by atoms with Crippen LogP contribution in [0.4, 0.5) is 5.69 Å². The Hall–Kier alpha value is -1.90. The van der Waals surface area contributed by atoms with Crippen LogP contribution >= 0.6 is 11.8 Å². The standard InChI is InChI=1S/C15H20N4O3S/c1-11(12-3-5-15(23-2)6-4-12)16-8-14(20)10-18-9-13(7-17-18)19(21)22/h3-7,9,11,14,16,20H,8,10H2,1-2H3/t11-,14?/m0/s1. The van der Waals surface area contributed by atoms with Gasteiger partial charge in [-0.05, 0) is 30.9 Å². The van der Waals surface area contributed by atoms with Crippen molar-refractivity contribution in [2.24, 2.45) is 0 Å². The molecule has 2 aromatic rings. The van der Waals surface area contributed by atoms with Crippen LogP contribution in [0, 0.1) is 10.1 Å². The smallest absolute Gasteiger partial charge is 0.306 e. The summed E-state index contributed by atoms with van der Waals surface area (Å²) in [7, 11) is 0. The molecule has 1 aromatic carbocycles. The highest BCUT2D eigenvalue weighted by atomic mass is 32.2. The van der Waals surface area contributed by atoms with Crippen molar-refractivity contribution < 1.29 is 10.0 Å². The molecule has 0 amide bonds. The van der Waals surface area contributed by atoms with Crippen LogP contribution in [-0.2, 0) is 6.54 Å². The zero-order chi connectivity index (χ0) is 16.8. The van der Waals surface area contributed by atoms with Gasteiger partial charge in [0.05, 0.1) is 17.6 Å². The van der Waals surface area contributed by atoms with Crippen molar-refractivity contribution in [1.82, 2.24) is 15.1 Å². The molecule has 2 rings (SSSR count). The average Bonchev–Trinajstić information content (AvgIpc) is 3.01. The highest BCUT2D eigenvalue weighted by Gasteiger charge is 2.13. The number of aliphatic hydroxyl groups is 1. The van der Waals surface area contributed by atoms with Gasteiger partial charge in [0.1, 0.15) is 12.4 Å². The van der Waals surface area contributed by atoms with E-state index in [0.29, 0.717) is 6.54 Å². The van der Waals surface area contributed by atoms with Crippen LogP contribution in [0.5, 0.6) is 0 Å². The number of hydrogen-bond acceptors (Lipinski definition) is 6. The van der Waals surface area contributed by atoms with Crippen LogP contribution in [-0.4, -0.2) is 38.7 Å². The monoisotopic (exact) mass is 336 g/mol. The van der Waals surface area contributed by atoms with E-state index in [-0.39, 0.29) is 18.3 Å². The summed E-state index contributed by atoms with van der Waals surface area (Å²) in [4.78, 5) is 11.3. The van der Waals surface area contributed by atoms with Crippen molar-refractivity contribution in [3.8, 4) is 0 Å². The van der Waals surface area contributed by atoms with Gasteiger partial charge in [0.25, 0.3) is 0 Å². The molecular weight excluding hydrogens is 316 g/mol. The molecule has 2 atom stereocenters. The Bertz CT molecular complexity index is 644. The maximum absolute atomic E-state index is 10.6. The number of thioether (sulfide) groups is 1. The predicted molar refractivity (Wildman–Crippen MR) is 89.5 cm³/mol. The van der Waals surface area contributed by atoms with Gasteiger partial charge in [-0.3, -0.25) is 14.8 Å². The lowest BCUT2D eigenvalue weighted by Crippen LogP contribution is -2.32. The SMILES string of the molecule is CSc1ccc([C@H](C)NCC(O)Cn2cc([N+](=O)[O-])cn2)cc1. The Morgan fingerprint density at radius 2 is 2.13 bits per heavy atom. The van der Waals surface area contributed by atoms with E-state index in [9.17, 15) is 15.2 Å². The molecule has 23 heavy (non-hydrogen) atoms. The maximum Gasteiger partial charge on any atom is 0.306 e. The third-order valence-electron chi connectivity index (χ3n) is 3.50. The molecule has 0 spiro atoms. The summed E-state index contributed by atoms with van der Waals surface area (Å²) in [6.45, 7) is 2.61. The van der Waals surface area contributed by atoms with Gasteiger partial charge < -0.3 is 10.4 Å². The lowest BCUT2D eigenvalue weighted by Gasteiger charge is -2.17. The fourth-order valence-electron chi connectivity index (χ4n) is 2.15. The van der Waals surface area contributed by atoms with Gasteiger partial charge in [-0.2, -0.15) is 5.10 Å². The summed E-state index contributed by atoms with van der Waals surface area (Å²) in [5.41, 5.74) is 1.07. The number of hydrogen-bond donors (Lipinski definition) is 2. The minimum atomic E-state index is -0.678. The minimum absolute atomic E-state index is 0.0765. The topological polar surface area (TPSA) is 93.2 Å². The van der Waals surface area contributed by atoms with Crippen molar-refractivity contribution in [1.29, 1.82) is 0 Å². The molecule has 1 unspecified atom stereocenters. The first-order valence-corrected chi connectivity index (χ1v) is 8.44. The molecule has 1 aromatic heterocycles. The third kappa shape index (κ3) is 5.05. The quantitative estimate of drug-likeness (QED) is 0.436. The Morgan fingerprint density at radius 3 is 2.70 bits per heavy atom. The van der Waals surface area contributed by atoms with E-state index in [1.54, 1.807) is 11.8 Å². The number of nitro groups is 1. The van der Waals surface area contributed by atoms with E-state index < -0.39 is 11.0 Å². The summed E-state index contributed by atoms with van der Waals surface area (Å²) in [5, 5.41) is 27.7. The molecular formula is C15H20N4O3S. The molecule has 0 aliphatic rings. The summed E-state index contributed by atoms with van der Waals surface area (Å²) in [5.74, 6) is 0. The Labute approximate surface area is 138 Å². The molecule has 0 aliphatic carbocycles. The second kappa shape index (κ2) is 8.09. The Kier molecular flexibility index (Phi) is 6.14. The lowest BCUT2D eigenvalue weighted by molar-refractivity contribution is -0.385. The maximum atomic E-state index is 10.6. The Balaban J connectivity index is 1.82. The number of nitrogens with one attached hydrogen (secondary N) is 1. The first kappa shape index (κ1) is 17.5. The van der Waals surface area contributed by atoms with Gasteiger partial charge in [0.2, 0.25) is 0 Å². The molecule has 0 radical (unpaired) electrons. The van der Waals surface area contributed by atoms with E-state index in [1.165, 1.54) is 22.0 Å². The molecule has 8 heteroatoms. The number of aromatic nitrogens is 2. The van der Waals surface area contributed by atoms with E-state index in [0.717, 1.165) is 5.56 Å². The van der Waals surface area contributed by atoms with Crippen LogP contribution < -0.4 is 5.32 Å². The van der Waals surface area contributed by atoms with Crippen molar-refractivity contribution in [2.75, 3.05) is 12.8 Å². The molecule has 2 N–H and O–H groups in total. The highest BCUT2D eigenvalue weighted by Crippen LogP contribution is 2.18. The summed E-state index contributed by atoms with van der Waals surface area (Å²) in [6.07, 6.45) is 3.85. The number of benzene rings is 1. The van der Waals surface area contributed by atoms with Gasteiger partial charge in [-0.1, -0.05) is 12.1 Å². The van der Waals surface area contributed by atoms with Crippen LogP contribution in [0.15, 0.2) is 41.6 Å². The number of rotatable bonds is 8. The zero-order valence-electron chi connectivity index (χ0n) is 13.0. The molecule has 0 fully saturated rings. The van der Waals surface area contributed by atoms with E-state index in [1.807, 2.05) is 13.2 Å². The highest BCUT2D eigenvalue weighted by molar-refractivity contribution is 7.98. The van der Waals surface area contributed by atoms with E-state index in [2.05, 4.69) is 34.7 Å². The molecule has 0 saturated carbocycles. The fraction of sp³-hybridized carbons (Fsp3) is 0.400. The molecule has 0 aliphatic heterocycles. The van der Waals surface area contributed by atoms with Crippen molar-refractivity contribution >= 4 is 17.4 Å². The third-order valence-corrected chi connectivity index (χ3v) is 4.25. The largest absolute Gasteiger partial charge is 0.390 e. The van der Waals surface area contributed by atoms with Gasteiger partial charge >= 0.3 is 5.69 Å². The second-order valence-electron chi connectivity index (χ2n) is 5.23. The van der Waals surface area contributed by atoms with Crippen LogP contribution in [0.2, 0.25) is 0 Å². The first-order chi connectivity index (χ1) is 11.0. The first-order valence-electron chi connectivity index (χ1n) is 7.22. The van der Waals surface area contributed by atoms with E-state index in [4.69, 9.17) is 0 Å².